The molecule has 0 aromatic carbocycles. The molecule has 3 N–H and O–H groups in total. The molecule has 1 aromatic heterocycles. The lowest BCUT2D eigenvalue weighted by atomic mass is 10.0. The van der Waals surface area contributed by atoms with Crippen LogP contribution in [0.1, 0.15) is 24.2 Å². The van der Waals surface area contributed by atoms with E-state index in [0.717, 1.165) is 37.1 Å². The highest BCUT2D eigenvalue weighted by Gasteiger charge is 2.25. The van der Waals surface area contributed by atoms with Crippen LogP contribution in [0.3, 0.4) is 0 Å². The van der Waals surface area contributed by atoms with Crippen LogP contribution in [0.4, 0.5) is 0 Å². The van der Waals surface area contributed by atoms with E-state index in [-0.39, 0.29) is 5.57 Å². The van der Waals surface area contributed by atoms with Crippen molar-refractivity contribution in [1.29, 1.82) is 0 Å². The largest absolute Gasteiger partial charge is 0.391 e. The van der Waals surface area contributed by atoms with Crippen LogP contribution in [0.2, 0.25) is 0 Å². The van der Waals surface area contributed by atoms with Gasteiger partial charge in [0.1, 0.15) is 0 Å². The summed E-state index contributed by atoms with van der Waals surface area (Å²) in [6, 6.07) is 0. The van der Waals surface area contributed by atoms with E-state index in [9.17, 15) is 4.57 Å². The number of aryl methyl sites for hydroxylation is 2. The Kier molecular flexibility index (Phi) is 2.02. The average Bonchev–Trinajstić information content (AvgIpc) is 2.45. The fraction of sp³-hybridized carbons (Fsp3) is 0.571. The molecule has 0 saturated heterocycles. The van der Waals surface area contributed by atoms with Gasteiger partial charge in [-0.25, -0.2) is 4.98 Å². The van der Waals surface area contributed by atoms with E-state index in [1.165, 1.54) is 0 Å². The fourth-order valence-electron chi connectivity index (χ4n) is 1.58. The number of fused-ring (bicyclic) bond motifs is 1. The molecule has 2 rings (SSSR count). The van der Waals surface area contributed by atoms with Crippen molar-refractivity contribution in [3.05, 3.63) is 11.4 Å². The summed E-state index contributed by atoms with van der Waals surface area (Å²) in [6.07, 6.45) is 3.79. The highest BCUT2D eigenvalue weighted by atomic mass is 31.2. The van der Waals surface area contributed by atoms with Gasteiger partial charge in [0, 0.05) is 5.69 Å². The van der Waals surface area contributed by atoms with Crippen molar-refractivity contribution >= 4 is 13.2 Å². The van der Waals surface area contributed by atoms with Crippen molar-refractivity contribution in [3.63, 3.8) is 0 Å². The van der Waals surface area contributed by atoms with Gasteiger partial charge in [-0.05, 0) is 25.7 Å². The van der Waals surface area contributed by atoms with E-state index in [0.29, 0.717) is 0 Å². The lowest BCUT2D eigenvalue weighted by molar-refractivity contribution is 0.385. The van der Waals surface area contributed by atoms with Crippen LogP contribution in [0.25, 0.3) is 0 Å². The van der Waals surface area contributed by atoms with Crippen molar-refractivity contribution < 1.29 is 14.4 Å². The van der Waals surface area contributed by atoms with Crippen LogP contribution in [0.5, 0.6) is 0 Å². The normalized spacial score (nSPS) is 17.1. The monoisotopic (exact) mass is 202 g/mol. The zero-order chi connectivity index (χ0) is 9.47. The van der Waals surface area contributed by atoms with Crippen LogP contribution in [-0.2, 0) is 17.4 Å². The molecule has 0 amide bonds. The second-order valence-electron chi connectivity index (χ2n) is 3.24. The molecule has 1 heterocycles. The van der Waals surface area contributed by atoms with Gasteiger partial charge >= 0.3 is 7.60 Å². The number of imidazole rings is 1. The number of rotatable bonds is 1. The Bertz CT molecular complexity index is 344. The van der Waals surface area contributed by atoms with Crippen LogP contribution in [-0.4, -0.2) is 19.8 Å². The number of aromatic amines is 1. The van der Waals surface area contributed by atoms with E-state index in [1.54, 1.807) is 0 Å². The summed E-state index contributed by atoms with van der Waals surface area (Å²) >= 11 is 0. The maximum absolute atomic E-state index is 10.9. The molecule has 0 saturated carbocycles. The predicted molar refractivity (Wildman–Crippen MR) is 46.9 cm³/mol. The second-order valence-corrected chi connectivity index (χ2v) is 4.75. The van der Waals surface area contributed by atoms with Crippen molar-refractivity contribution in [3.8, 4) is 0 Å². The summed E-state index contributed by atoms with van der Waals surface area (Å²) in [6.45, 7) is 0. The van der Waals surface area contributed by atoms with E-state index >= 15 is 0 Å². The summed E-state index contributed by atoms with van der Waals surface area (Å²) < 4.78 is 10.9. The molecule has 0 spiro atoms. The Morgan fingerprint density at radius 1 is 1.31 bits per heavy atom. The lowest BCUT2D eigenvalue weighted by Crippen LogP contribution is -2.08. The Hall–Kier alpha value is -0.640. The van der Waals surface area contributed by atoms with Crippen LogP contribution >= 0.6 is 7.60 Å². The fourth-order valence-corrected chi connectivity index (χ4v) is 2.11. The molecule has 6 heteroatoms. The molecular weight excluding hydrogens is 191 g/mol. The Balaban J connectivity index is 2.41. The molecule has 1 aliphatic carbocycles. The number of aromatic nitrogens is 2. The number of hydrogen-bond acceptors (Lipinski definition) is 2. The van der Waals surface area contributed by atoms with Crippen LogP contribution in [0, 0.1) is 0 Å². The van der Waals surface area contributed by atoms with Crippen molar-refractivity contribution in [2.24, 2.45) is 0 Å². The molecule has 0 aliphatic heterocycles. The summed E-state index contributed by atoms with van der Waals surface area (Å²) in [4.78, 5) is 24.3. The van der Waals surface area contributed by atoms with Gasteiger partial charge in [0.05, 0.1) is 5.69 Å². The molecule has 1 aliphatic rings. The molecule has 0 unspecified atom stereocenters. The first-order valence-electron chi connectivity index (χ1n) is 4.21. The minimum Gasteiger partial charge on any atom is -0.335 e. The molecule has 1 aromatic rings. The minimum atomic E-state index is -4.19. The summed E-state index contributed by atoms with van der Waals surface area (Å²) in [7, 11) is -4.19. The topological polar surface area (TPSA) is 86.2 Å². The van der Waals surface area contributed by atoms with E-state index in [1.807, 2.05) is 0 Å². The average molecular weight is 202 g/mol. The first-order chi connectivity index (χ1) is 6.07. The zero-order valence-corrected chi connectivity index (χ0v) is 7.92. The van der Waals surface area contributed by atoms with Crippen molar-refractivity contribution in [2.75, 3.05) is 0 Å². The third-order valence-corrected chi connectivity index (χ3v) is 2.98. The zero-order valence-electron chi connectivity index (χ0n) is 7.03. The van der Waals surface area contributed by atoms with Gasteiger partial charge in [-0.3, -0.25) is 4.57 Å². The first kappa shape index (κ1) is 8.94. The quantitative estimate of drug-likeness (QED) is 0.563. The number of nitrogens with zero attached hydrogens (tertiary/aromatic N) is 1. The van der Waals surface area contributed by atoms with Crippen LogP contribution < -0.4 is 5.57 Å². The Morgan fingerprint density at radius 3 is 2.62 bits per heavy atom. The van der Waals surface area contributed by atoms with Crippen molar-refractivity contribution in [1.82, 2.24) is 9.97 Å². The van der Waals surface area contributed by atoms with Crippen molar-refractivity contribution in [2.45, 2.75) is 25.7 Å². The number of nitrogens with one attached hydrogen (secondary N) is 1. The van der Waals surface area contributed by atoms with E-state index in [4.69, 9.17) is 9.79 Å². The van der Waals surface area contributed by atoms with Gasteiger partial charge in [-0.15, -0.1) is 0 Å². The Morgan fingerprint density at radius 2 is 2.00 bits per heavy atom. The maximum atomic E-state index is 10.9. The Labute approximate surface area is 75.4 Å². The second kappa shape index (κ2) is 2.94. The van der Waals surface area contributed by atoms with E-state index < -0.39 is 7.60 Å². The number of hydrogen-bond donors (Lipinski definition) is 3. The summed E-state index contributed by atoms with van der Waals surface area (Å²) in [5.74, 6) is 0. The number of H-pyrrole nitrogens is 1. The molecule has 0 fully saturated rings. The van der Waals surface area contributed by atoms with Gasteiger partial charge in [-0.1, -0.05) is 0 Å². The molecule has 0 radical (unpaired) electrons. The molecule has 72 valence electrons. The molecule has 13 heavy (non-hydrogen) atoms. The third kappa shape index (κ3) is 1.68. The van der Waals surface area contributed by atoms with Gasteiger partial charge in [0.25, 0.3) is 0 Å². The van der Waals surface area contributed by atoms with Gasteiger partial charge in [-0.2, -0.15) is 0 Å². The summed E-state index contributed by atoms with van der Waals surface area (Å²) in [5.41, 5.74) is 1.54. The van der Waals surface area contributed by atoms with Gasteiger partial charge in [0.2, 0.25) is 5.57 Å². The lowest BCUT2D eigenvalue weighted by Gasteiger charge is -2.07. The van der Waals surface area contributed by atoms with Gasteiger partial charge < -0.3 is 14.8 Å². The SMILES string of the molecule is O=P(O)(O)c1nc2c([nH]1)CCCC2. The highest BCUT2D eigenvalue weighted by Crippen LogP contribution is 2.32. The third-order valence-electron chi connectivity index (χ3n) is 2.22. The minimum absolute atomic E-state index is 0.181. The molecular formula is C7H11N2O3P. The standard InChI is InChI=1S/C7H11N2O3P/c10-13(11,12)7-8-5-3-1-2-4-6(5)9-7/h1-4H2,(H,8,9)(H2,10,11,12). The predicted octanol–water partition coefficient (Wildman–Crippen LogP) is 0.0915. The molecule has 0 atom stereocenters. The molecule has 0 bridgehead atoms. The molecule has 5 nitrogen and oxygen atoms in total. The van der Waals surface area contributed by atoms with Crippen LogP contribution in [0.15, 0.2) is 0 Å². The smallest absolute Gasteiger partial charge is 0.335 e. The first-order valence-corrected chi connectivity index (χ1v) is 5.82. The van der Waals surface area contributed by atoms with Gasteiger partial charge in [0.15, 0.2) is 0 Å². The maximum Gasteiger partial charge on any atom is 0.391 e. The highest BCUT2D eigenvalue weighted by molar-refractivity contribution is 7.59. The van der Waals surface area contributed by atoms with E-state index in [2.05, 4.69) is 9.97 Å². The summed E-state index contributed by atoms with van der Waals surface area (Å²) in [5, 5.41) is 0.